The second-order valence-corrected chi connectivity index (χ2v) is 6.83. The van der Waals surface area contributed by atoms with Gasteiger partial charge in [0.05, 0.1) is 7.11 Å². The molecule has 0 radical (unpaired) electrons. The lowest BCUT2D eigenvalue weighted by atomic mass is 10.1. The SMILES string of the molecule is COC(=O)N1CC[C@H](N[C@@H]2CN(Cc3ccccc3)C[C@H]2C)C1. The zero-order valence-corrected chi connectivity index (χ0v) is 14.1. The third kappa shape index (κ3) is 4.03. The molecule has 3 rings (SSSR count). The Morgan fingerprint density at radius 3 is 2.78 bits per heavy atom. The molecule has 23 heavy (non-hydrogen) atoms. The molecular formula is C18H27N3O2. The average Bonchev–Trinajstić information content (AvgIpc) is 3.15. The standard InChI is InChI=1S/C18H27N3O2/c1-14-10-20(11-15-6-4-3-5-7-15)13-17(14)19-16-8-9-21(12-16)18(22)23-2/h3-7,14,16-17,19H,8-13H2,1-2H3/t14-,16+,17-/m1/s1. The van der Waals surface area contributed by atoms with Crippen molar-refractivity contribution < 1.29 is 9.53 Å². The van der Waals surface area contributed by atoms with E-state index in [1.807, 2.05) is 0 Å². The first kappa shape index (κ1) is 16.3. The molecule has 0 aliphatic carbocycles. The molecule has 5 nitrogen and oxygen atoms in total. The predicted molar refractivity (Wildman–Crippen MR) is 90.2 cm³/mol. The summed E-state index contributed by atoms with van der Waals surface area (Å²) in [5, 5.41) is 3.76. The smallest absolute Gasteiger partial charge is 0.409 e. The molecule has 126 valence electrons. The number of hydrogen-bond acceptors (Lipinski definition) is 4. The lowest BCUT2D eigenvalue weighted by Crippen LogP contribution is -2.44. The van der Waals surface area contributed by atoms with Crippen LogP contribution in [-0.2, 0) is 11.3 Å². The normalized spacial score (nSPS) is 28.3. The van der Waals surface area contributed by atoms with Crippen molar-refractivity contribution in [3.8, 4) is 0 Å². The molecule has 1 N–H and O–H groups in total. The number of carbonyl (C=O) groups excluding carboxylic acids is 1. The van der Waals surface area contributed by atoms with E-state index in [1.165, 1.54) is 12.7 Å². The van der Waals surface area contributed by atoms with E-state index in [4.69, 9.17) is 4.74 Å². The van der Waals surface area contributed by atoms with Gasteiger partial charge >= 0.3 is 6.09 Å². The van der Waals surface area contributed by atoms with Crippen LogP contribution in [-0.4, -0.2) is 61.3 Å². The molecule has 1 aromatic carbocycles. The summed E-state index contributed by atoms with van der Waals surface area (Å²) in [7, 11) is 1.45. The molecule has 0 aromatic heterocycles. The van der Waals surface area contributed by atoms with Gasteiger partial charge in [-0.15, -0.1) is 0 Å². The molecule has 2 saturated heterocycles. The van der Waals surface area contributed by atoms with Crippen LogP contribution in [0.4, 0.5) is 4.79 Å². The minimum Gasteiger partial charge on any atom is -0.453 e. The maximum Gasteiger partial charge on any atom is 0.409 e. The summed E-state index contributed by atoms with van der Waals surface area (Å²) in [6.07, 6.45) is 0.802. The number of carbonyl (C=O) groups is 1. The van der Waals surface area contributed by atoms with E-state index in [-0.39, 0.29) is 6.09 Å². The molecule has 0 saturated carbocycles. The van der Waals surface area contributed by atoms with E-state index in [2.05, 4.69) is 47.5 Å². The molecular weight excluding hydrogens is 290 g/mol. The van der Waals surface area contributed by atoms with Crippen LogP contribution in [0.5, 0.6) is 0 Å². The van der Waals surface area contributed by atoms with Crippen molar-refractivity contribution in [1.29, 1.82) is 0 Å². The number of nitrogens with one attached hydrogen (secondary N) is 1. The number of nitrogens with zero attached hydrogens (tertiary/aromatic N) is 2. The van der Waals surface area contributed by atoms with Gasteiger partial charge in [0.1, 0.15) is 0 Å². The lowest BCUT2D eigenvalue weighted by Gasteiger charge is -2.22. The topological polar surface area (TPSA) is 44.8 Å². The Bertz CT molecular complexity index is 522. The predicted octanol–water partition coefficient (Wildman–Crippen LogP) is 1.94. The molecule has 5 heteroatoms. The van der Waals surface area contributed by atoms with Gasteiger partial charge in [-0.1, -0.05) is 37.3 Å². The highest BCUT2D eigenvalue weighted by Gasteiger charge is 2.34. The number of amides is 1. The summed E-state index contributed by atoms with van der Waals surface area (Å²) in [6.45, 7) is 7.08. The van der Waals surface area contributed by atoms with Crippen molar-refractivity contribution in [2.45, 2.75) is 32.0 Å². The number of methoxy groups -OCH3 is 1. The van der Waals surface area contributed by atoms with Gasteiger partial charge in [-0.05, 0) is 17.9 Å². The third-order valence-electron chi connectivity index (χ3n) is 5.01. The summed E-state index contributed by atoms with van der Waals surface area (Å²) in [5.41, 5.74) is 1.37. The molecule has 2 aliphatic heterocycles. The number of likely N-dealkylation sites (tertiary alicyclic amines) is 2. The minimum atomic E-state index is -0.209. The van der Waals surface area contributed by atoms with E-state index >= 15 is 0 Å². The minimum absolute atomic E-state index is 0.209. The fourth-order valence-corrected chi connectivity index (χ4v) is 3.75. The van der Waals surface area contributed by atoms with Gasteiger partial charge in [-0.25, -0.2) is 4.79 Å². The Kier molecular flexibility index (Phi) is 5.18. The first-order valence-electron chi connectivity index (χ1n) is 8.51. The van der Waals surface area contributed by atoms with Crippen molar-refractivity contribution in [3.63, 3.8) is 0 Å². The Labute approximate surface area is 138 Å². The zero-order valence-electron chi connectivity index (χ0n) is 14.1. The molecule has 2 heterocycles. The molecule has 0 unspecified atom stereocenters. The van der Waals surface area contributed by atoms with E-state index in [1.54, 1.807) is 4.90 Å². The summed E-state index contributed by atoms with van der Waals surface area (Å²) in [5.74, 6) is 0.630. The maximum atomic E-state index is 11.6. The average molecular weight is 317 g/mol. The Morgan fingerprint density at radius 2 is 2.04 bits per heavy atom. The fourth-order valence-electron chi connectivity index (χ4n) is 3.75. The monoisotopic (exact) mass is 317 g/mol. The Hall–Kier alpha value is -1.59. The first-order chi connectivity index (χ1) is 11.2. The van der Waals surface area contributed by atoms with Crippen molar-refractivity contribution in [2.75, 3.05) is 33.3 Å². The van der Waals surface area contributed by atoms with Crippen molar-refractivity contribution >= 4 is 6.09 Å². The van der Waals surface area contributed by atoms with Crippen molar-refractivity contribution in [2.24, 2.45) is 5.92 Å². The van der Waals surface area contributed by atoms with Gasteiger partial charge in [0, 0.05) is 44.8 Å². The van der Waals surface area contributed by atoms with E-state index < -0.39 is 0 Å². The summed E-state index contributed by atoms with van der Waals surface area (Å²) in [4.78, 5) is 15.9. The Balaban J connectivity index is 1.49. The van der Waals surface area contributed by atoms with Gasteiger partial charge in [-0.2, -0.15) is 0 Å². The quantitative estimate of drug-likeness (QED) is 0.922. The molecule has 2 aliphatic rings. The van der Waals surface area contributed by atoms with Crippen LogP contribution in [0.3, 0.4) is 0 Å². The van der Waals surface area contributed by atoms with Crippen molar-refractivity contribution in [3.05, 3.63) is 35.9 Å². The number of ether oxygens (including phenoxy) is 1. The van der Waals surface area contributed by atoms with Gasteiger partial charge in [0.25, 0.3) is 0 Å². The summed E-state index contributed by atoms with van der Waals surface area (Å²) in [6, 6.07) is 11.5. The van der Waals surface area contributed by atoms with Gasteiger partial charge in [0.15, 0.2) is 0 Å². The second-order valence-electron chi connectivity index (χ2n) is 6.83. The van der Waals surface area contributed by atoms with Gasteiger partial charge in [-0.3, -0.25) is 4.90 Å². The fraction of sp³-hybridized carbons (Fsp3) is 0.611. The molecule has 1 aromatic rings. The van der Waals surface area contributed by atoms with Crippen LogP contribution in [0, 0.1) is 5.92 Å². The second kappa shape index (κ2) is 7.32. The molecule has 0 bridgehead atoms. The lowest BCUT2D eigenvalue weighted by molar-refractivity contribution is 0.132. The highest BCUT2D eigenvalue weighted by atomic mass is 16.5. The van der Waals surface area contributed by atoms with E-state index in [0.29, 0.717) is 18.0 Å². The van der Waals surface area contributed by atoms with Crippen LogP contribution >= 0.6 is 0 Å². The highest BCUT2D eigenvalue weighted by Crippen LogP contribution is 2.21. The van der Waals surface area contributed by atoms with Gasteiger partial charge in [0.2, 0.25) is 0 Å². The zero-order chi connectivity index (χ0) is 16.2. The third-order valence-corrected chi connectivity index (χ3v) is 5.01. The number of benzene rings is 1. The van der Waals surface area contributed by atoms with Crippen LogP contribution in [0.2, 0.25) is 0 Å². The largest absolute Gasteiger partial charge is 0.453 e. The Morgan fingerprint density at radius 1 is 1.26 bits per heavy atom. The summed E-state index contributed by atoms with van der Waals surface area (Å²) < 4.78 is 4.81. The number of hydrogen-bond donors (Lipinski definition) is 1. The molecule has 2 fully saturated rings. The summed E-state index contributed by atoms with van der Waals surface area (Å²) >= 11 is 0. The van der Waals surface area contributed by atoms with E-state index in [9.17, 15) is 4.79 Å². The number of rotatable bonds is 4. The van der Waals surface area contributed by atoms with Crippen LogP contribution in [0.25, 0.3) is 0 Å². The maximum absolute atomic E-state index is 11.6. The molecule has 3 atom stereocenters. The van der Waals surface area contributed by atoms with Crippen molar-refractivity contribution in [1.82, 2.24) is 15.1 Å². The first-order valence-corrected chi connectivity index (χ1v) is 8.51. The van der Waals surface area contributed by atoms with Gasteiger partial charge < -0.3 is 15.0 Å². The van der Waals surface area contributed by atoms with Crippen LogP contribution in [0.15, 0.2) is 30.3 Å². The van der Waals surface area contributed by atoms with E-state index in [0.717, 1.165) is 39.1 Å². The highest BCUT2D eigenvalue weighted by molar-refractivity contribution is 5.67. The molecule has 1 amide bonds. The van der Waals surface area contributed by atoms with Crippen LogP contribution < -0.4 is 5.32 Å². The molecule has 0 spiro atoms. The van der Waals surface area contributed by atoms with Crippen LogP contribution in [0.1, 0.15) is 18.9 Å².